The first-order valence-electron chi connectivity index (χ1n) is 9.62. The van der Waals surface area contributed by atoms with Gasteiger partial charge in [-0.1, -0.05) is 53.7 Å². The summed E-state index contributed by atoms with van der Waals surface area (Å²) >= 11 is 0. The molecule has 1 aliphatic heterocycles. The van der Waals surface area contributed by atoms with Gasteiger partial charge in [-0.15, -0.1) is 5.10 Å². The van der Waals surface area contributed by atoms with Crippen molar-refractivity contribution in [3.05, 3.63) is 66.4 Å². The number of rotatable bonds is 4. The number of piperidine rings is 1. The number of hydrogen-bond donors (Lipinski definition) is 0. The van der Waals surface area contributed by atoms with Gasteiger partial charge in [0.2, 0.25) is 0 Å². The minimum atomic E-state index is -0.211. The number of benzene rings is 2. The van der Waals surface area contributed by atoms with E-state index in [1.54, 1.807) is 9.58 Å². The van der Waals surface area contributed by atoms with Crippen LogP contribution in [0.3, 0.4) is 0 Å². The van der Waals surface area contributed by atoms with Crippen LogP contribution in [-0.2, 0) is 9.53 Å². The Kier molecular flexibility index (Phi) is 5.37. The van der Waals surface area contributed by atoms with E-state index in [1.807, 2.05) is 60.7 Å². The molecule has 0 radical (unpaired) electrons. The molecule has 1 amide bonds. The van der Waals surface area contributed by atoms with Crippen molar-refractivity contribution < 1.29 is 14.3 Å². The van der Waals surface area contributed by atoms with E-state index in [9.17, 15) is 9.59 Å². The Morgan fingerprint density at radius 3 is 2.21 bits per heavy atom. The smallest absolute Gasteiger partial charge is 0.308 e. The number of ether oxygens (including phenoxy) is 1. The van der Waals surface area contributed by atoms with Crippen molar-refractivity contribution in [1.29, 1.82) is 0 Å². The molecule has 0 aliphatic carbocycles. The Balaban J connectivity index is 1.67. The Labute approximate surface area is 168 Å². The monoisotopic (exact) mass is 390 g/mol. The SMILES string of the molecule is COC(=O)C1CCN(C(=O)c2nnn(-c3ccccc3)c2-c2ccccc2)CC1. The zero-order chi connectivity index (χ0) is 20.2. The summed E-state index contributed by atoms with van der Waals surface area (Å²) in [7, 11) is 1.40. The average molecular weight is 390 g/mol. The summed E-state index contributed by atoms with van der Waals surface area (Å²) in [5.41, 5.74) is 2.69. The molecule has 7 nitrogen and oxygen atoms in total. The maximum atomic E-state index is 13.3. The molecule has 7 heteroatoms. The van der Waals surface area contributed by atoms with Crippen molar-refractivity contribution in [2.45, 2.75) is 12.8 Å². The van der Waals surface area contributed by atoms with Gasteiger partial charge in [-0.2, -0.15) is 0 Å². The molecule has 1 saturated heterocycles. The van der Waals surface area contributed by atoms with Crippen molar-refractivity contribution >= 4 is 11.9 Å². The van der Waals surface area contributed by atoms with Crippen LogP contribution >= 0.6 is 0 Å². The summed E-state index contributed by atoms with van der Waals surface area (Å²) in [6.45, 7) is 0.982. The standard InChI is InChI=1S/C22H22N4O3/c1-29-22(28)17-12-14-25(15-13-17)21(27)19-20(16-8-4-2-5-9-16)26(24-23-19)18-10-6-3-7-11-18/h2-11,17H,12-15H2,1H3. The molecule has 3 aromatic rings. The van der Waals surface area contributed by atoms with Crippen LogP contribution < -0.4 is 0 Å². The highest BCUT2D eigenvalue weighted by Crippen LogP contribution is 2.27. The number of para-hydroxylation sites is 1. The van der Waals surface area contributed by atoms with Crippen LogP contribution in [0.15, 0.2) is 60.7 Å². The summed E-state index contributed by atoms with van der Waals surface area (Å²) in [5, 5.41) is 8.52. The normalized spacial score (nSPS) is 14.6. The maximum Gasteiger partial charge on any atom is 0.308 e. The number of methoxy groups -OCH3 is 1. The number of amides is 1. The molecule has 0 bridgehead atoms. The molecule has 0 saturated carbocycles. The fourth-order valence-electron chi connectivity index (χ4n) is 3.67. The molecule has 29 heavy (non-hydrogen) atoms. The molecule has 0 atom stereocenters. The van der Waals surface area contributed by atoms with Crippen LogP contribution in [0.4, 0.5) is 0 Å². The van der Waals surface area contributed by atoms with E-state index in [1.165, 1.54) is 7.11 Å². The quantitative estimate of drug-likeness (QED) is 0.640. The number of nitrogens with zero attached hydrogens (tertiary/aromatic N) is 4. The van der Waals surface area contributed by atoms with Crippen molar-refractivity contribution in [1.82, 2.24) is 19.9 Å². The Morgan fingerprint density at radius 1 is 0.966 bits per heavy atom. The van der Waals surface area contributed by atoms with E-state index in [0.717, 1.165) is 11.3 Å². The molecule has 148 valence electrons. The molecular formula is C22H22N4O3. The highest BCUT2D eigenvalue weighted by molar-refractivity contribution is 5.98. The minimum absolute atomic E-state index is 0.155. The zero-order valence-electron chi connectivity index (χ0n) is 16.2. The lowest BCUT2D eigenvalue weighted by Gasteiger charge is -2.30. The third-order valence-electron chi connectivity index (χ3n) is 5.24. The third kappa shape index (κ3) is 3.76. The summed E-state index contributed by atoms with van der Waals surface area (Å²) in [6, 6.07) is 19.3. The first-order chi connectivity index (χ1) is 14.2. The summed E-state index contributed by atoms with van der Waals surface area (Å²) < 4.78 is 6.53. The minimum Gasteiger partial charge on any atom is -0.469 e. The lowest BCUT2D eigenvalue weighted by atomic mass is 9.96. The highest BCUT2D eigenvalue weighted by atomic mass is 16.5. The summed E-state index contributed by atoms with van der Waals surface area (Å²) in [6.07, 6.45) is 1.18. The number of esters is 1. The van der Waals surface area contributed by atoms with Crippen LogP contribution in [0.2, 0.25) is 0 Å². The van der Waals surface area contributed by atoms with Crippen molar-refractivity contribution in [3.8, 4) is 16.9 Å². The summed E-state index contributed by atoms with van der Waals surface area (Å²) in [5.74, 6) is -0.538. The van der Waals surface area contributed by atoms with E-state index in [0.29, 0.717) is 37.3 Å². The molecule has 2 aromatic carbocycles. The first kappa shape index (κ1) is 18.9. The number of carbonyl (C=O) groups excluding carboxylic acids is 2. The topological polar surface area (TPSA) is 77.3 Å². The van der Waals surface area contributed by atoms with Gasteiger partial charge in [0.05, 0.1) is 18.7 Å². The number of carbonyl (C=O) groups is 2. The molecular weight excluding hydrogens is 368 g/mol. The average Bonchev–Trinajstić information content (AvgIpc) is 3.24. The third-order valence-corrected chi connectivity index (χ3v) is 5.24. The van der Waals surface area contributed by atoms with Gasteiger partial charge in [-0.25, -0.2) is 4.68 Å². The number of likely N-dealkylation sites (tertiary alicyclic amines) is 1. The van der Waals surface area contributed by atoms with Crippen LogP contribution in [-0.4, -0.2) is 52.0 Å². The van der Waals surface area contributed by atoms with Gasteiger partial charge in [0.1, 0.15) is 5.69 Å². The molecule has 1 aromatic heterocycles. The molecule has 0 spiro atoms. The van der Waals surface area contributed by atoms with Crippen molar-refractivity contribution in [3.63, 3.8) is 0 Å². The first-order valence-corrected chi connectivity index (χ1v) is 9.62. The fourth-order valence-corrected chi connectivity index (χ4v) is 3.67. The van der Waals surface area contributed by atoms with Gasteiger partial charge in [-0.05, 0) is 25.0 Å². The predicted octanol–water partition coefficient (Wildman–Crippen LogP) is 2.96. The molecule has 0 unspecified atom stereocenters. The van der Waals surface area contributed by atoms with Crippen LogP contribution in [0, 0.1) is 5.92 Å². The van der Waals surface area contributed by atoms with E-state index < -0.39 is 0 Å². The van der Waals surface area contributed by atoms with Gasteiger partial charge in [0, 0.05) is 18.7 Å². The van der Waals surface area contributed by atoms with E-state index in [-0.39, 0.29) is 17.8 Å². The predicted molar refractivity (Wildman–Crippen MR) is 107 cm³/mol. The second kappa shape index (κ2) is 8.26. The van der Waals surface area contributed by atoms with Gasteiger partial charge in [-0.3, -0.25) is 9.59 Å². The van der Waals surface area contributed by atoms with Crippen LogP contribution in [0.25, 0.3) is 16.9 Å². The van der Waals surface area contributed by atoms with Gasteiger partial charge in [0.25, 0.3) is 5.91 Å². The van der Waals surface area contributed by atoms with Crippen LogP contribution in [0.5, 0.6) is 0 Å². The number of hydrogen-bond acceptors (Lipinski definition) is 5. The molecule has 2 heterocycles. The van der Waals surface area contributed by atoms with E-state index in [2.05, 4.69) is 10.3 Å². The lowest BCUT2D eigenvalue weighted by Crippen LogP contribution is -2.40. The second-order valence-corrected chi connectivity index (χ2v) is 6.99. The maximum absolute atomic E-state index is 13.3. The van der Waals surface area contributed by atoms with Crippen molar-refractivity contribution in [2.24, 2.45) is 5.92 Å². The van der Waals surface area contributed by atoms with Gasteiger partial charge < -0.3 is 9.64 Å². The highest BCUT2D eigenvalue weighted by Gasteiger charge is 2.31. The Bertz CT molecular complexity index is 993. The van der Waals surface area contributed by atoms with Crippen LogP contribution in [0.1, 0.15) is 23.3 Å². The Morgan fingerprint density at radius 2 is 1.59 bits per heavy atom. The van der Waals surface area contributed by atoms with E-state index >= 15 is 0 Å². The van der Waals surface area contributed by atoms with Gasteiger partial charge in [0.15, 0.2) is 5.69 Å². The summed E-state index contributed by atoms with van der Waals surface area (Å²) in [4.78, 5) is 26.8. The zero-order valence-corrected chi connectivity index (χ0v) is 16.2. The molecule has 4 rings (SSSR count). The second-order valence-electron chi connectivity index (χ2n) is 6.99. The largest absolute Gasteiger partial charge is 0.469 e. The number of aromatic nitrogens is 3. The fraction of sp³-hybridized carbons (Fsp3) is 0.273. The van der Waals surface area contributed by atoms with Gasteiger partial charge >= 0.3 is 5.97 Å². The lowest BCUT2D eigenvalue weighted by molar-refractivity contribution is -0.146. The molecule has 1 aliphatic rings. The Hall–Kier alpha value is -3.48. The molecule has 1 fully saturated rings. The molecule has 0 N–H and O–H groups in total. The van der Waals surface area contributed by atoms with Crippen molar-refractivity contribution in [2.75, 3.05) is 20.2 Å². The van der Waals surface area contributed by atoms with E-state index in [4.69, 9.17) is 4.74 Å².